The fourth-order valence-electron chi connectivity index (χ4n) is 2.41. The third-order valence-corrected chi connectivity index (χ3v) is 3.47. The lowest BCUT2D eigenvalue weighted by Gasteiger charge is -2.24. The van der Waals surface area contributed by atoms with E-state index < -0.39 is 17.7 Å². The van der Waals surface area contributed by atoms with Gasteiger partial charge in [0.25, 0.3) is 0 Å². The standard InChI is InChI=1S/C14H16F3NO3/c1-18(8-10-3-2-6-21-10)12-5-4-9(14(15,16)17)7-11(12)13(19)20/h4-5,7,10H,2-3,6,8H2,1H3,(H,19,20). The van der Waals surface area contributed by atoms with E-state index >= 15 is 0 Å². The maximum absolute atomic E-state index is 12.7. The van der Waals surface area contributed by atoms with Gasteiger partial charge < -0.3 is 14.7 Å². The summed E-state index contributed by atoms with van der Waals surface area (Å²) in [5.74, 6) is -1.38. The van der Waals surface area contributed by atoms with Crippen LogP contribution in [0.2, 0.25) is 0 Å². The van der Waals surface area contributed by atoms with Crippen molar-refractivity contribution in [3.05, 3.63) is 29.3 Å². The van der Waals surface area contributed by atoms with Crippen LogP contribution >= 0.6 is 0 Å². The van der Waals surface area contributed by atoms with Crippen LogP contribution in [-0.2, 0) is 10.9 Å². The van der Waals surface area contributed by atoms with E-state index in [-0.39, 0.29) is 17.4 Å². The van der Waals surface area contributed by atoms with Crippen molar-refractivity contribution in [3.63, 3.8) is 0 Å². The van der Waals surface area contributed by atoms with Gasteiger partial charge in [0.1, 0.15) is 0 Å². The molecule has 116 valence electrons. The largest absolute Gasteiger partial charge is 0.478 e. The Labute approximate surface area is 120 Å². The lowest BCUT2D eigenvalue weighted by atomic mass is 10.1. The first-order valence-corrected chi connectivity index (χ1v) is 6.56. The second kappa shape index (κ2) is 5.93. The van der Waals surface area contributed by atoms with E-state index in [2.05, 4.69) is 0 Å². The van der Waals surface area contributed by atoms with Crippen molar-refractivity contribution >= 4 is 11.7 Å². The van der Waals surface area contributed by atoms with E-state index in [0.29, 0.717) is 19.2 Å². The molecule has 0 aromatic heterocycles. The van der Waals surface area contributed by atoms with Crippen LogP contribution in [0.15, 0.2) is 18.2 Å². The third kappa shape index (κ3) is 3.66. The molecule has 1 saturated heterocycles. The number of aromatic carboxylic acids is 1. The summed E-state index contributed by atoms with van der Waals surface area (Å²) in [6.45, 7) is 1.11. The molecule has 0 amide bonds. The zero-order chi connectivity index (χ0) is 15.6. The summed E-state index contributed by atoms with van der Waals surface area (Å²) in [4.78, 5) is 12.8. The Morgan fingerprint density at radius 3 is 2.71 bits per heavy atom. The Bertz CT molecular complexity index is 525. The lowest BCUT2D eigenvalue weighted by molar-refractivity contribution is -0.137. The van der Waals surface area contributed by atoms with Gasteiger partial charge in [-0.15, -0.1) is 0 Å². The number of nitrogens with zero attached hydrogens (tertiary/aromatic N) is 1. The molecule has 7 heteroatoms. The molecule has 0 saturated carbocycles. The first-order valence-electron chi connectivity index (χ1n) is 6.56. The minimum Gasteiger partial charge on any atom is -0.478 e. The predicted molar refractivity (Wildman–Crippen MR) is 70.6 cm³/mol. The molecule has 1 heterocycles. The number of benzene rings is 1. The van der Waals surface area contributed by atoms with Gasteiger partial charge in [-0.05, 0) is 31.0 Å². The van der Waals surface area contributed by atoms with Crippen LogP contribution in [0.5, 0.6) is 0 Å². The molecule has 1 atom stereocenters. The smallest absolute Gasteiger partial charge is 0.416 e. The normalized spacial score (nSPS) is 18.8. The van der Waals surface area contributed by atoms with Crippen LogP contribution in [0.3, 0.4) is 0 Å². The van der Waals surface area contributed by atoms with Gasteiger partial charge in [0.05, 0.1) is 22.9 Å². The van der Waals surface area contributed by atoms with Gasteiger partial charge in [-0.1, -0.05) is 0 Å². The highest BCUT2D eigenvalue weighted by Crippen LogP contribution is 2.33. The number of anilines is 1. The molecule has 1 unspecified atom stereocenters. The maximum Gasteiger partial charge on any atom is 0.416 e. The van der Waals surface area contributed by atoms with Crippen molar-refractivity contribution in [2.45, 2.75) is 25.1 Å². The Hall–Kier alpha value is -1.76. The second-order valence-corrected chi connectivity index (χ2v) is 5.05. The van der Waals surface area contributed by atoms with Crippen molar-refractivity contribution in [1.82, 2.24) is 0 Å². The van der Waals surface area contributed by atoms with Crippen LogP contribution in [0.1, 0.15) is 28.8 Å². The first-order chi connectivity index (χ1) is 9.79. The van der Waals surface area contributed by atoms with E-state index in [1.54, 1.807) is 11.9 Å². The van der Waals surface area contributed by atoms with Gasteiger partial charge in [-0.2, -0.15) is 13.2 Å². The molecule has 4 nitrogen and oxygen atoms in total. The molecule has 1 aliphatic rings. The molecule has 2 rings (SSSR count). The van der Waals surface area contributed by atoms with Crippen LogP contribution in [0, 0.1) is 0 Å². The number of carbonyl (C=O) groups is 1. The molecule has 0 spiro atoms. The van der Waals surface area contributed by atoms with Gasteiger partial charge >= 0.3 is 12.1 Å². The SMILES string of the molecule is CN(CC1CCCO1)c1ccc(C(F)(F)F)cc1C(=O)O. The molecule has 1 N–H and O–H groups in total. The summed E-state index contributed by atoms with van der Waals surface area (Å²) in [5.41, 5.74) is -1.06. The van der Waals surface area contributed by atoms with Crippen LogP contribution in [0.4, 0.5) is 18.9 Å². The molecule has 0 aliphatic carbocycles. The maximum atomic E-state index is 12.7. The van der Waals surface area contributed by atoms with Crippen LogP contribution < -0.4 is 4.90 Å². The number of likely N-dealkylation sites (N-methyl/N-ethyl adjacent to an activating group) is 1. The fourth-order valence-corrected chi connectivity index (χ4v) is 2.41. The third-order valence-electron chi connectivity index (χ3n) is 3.47. The monoisotopic (exact) mass is 303 g/mol. The Morgan fingerprint density at radius 1 is 1.48 bits per heavy atom. The highest BCUT2D eigenvalue weighted by atomic mass is 19.4. The lowest BCUT2D eigenvalue weighted by Crippen LogP contribution is -2.30. The second-order valence-electron chi connectivity index (χ2n) is 5.05. The fraction of sp³-hybridized carbons (Fsp3) is 0.500. The number of carboxylic acids is 1. The van der Waals surface area contributed by atoms with Crippen molar-refractivity contribution in [2.24, 2.45) is 0 Å². The Balaban J connectivity index is 2.27. The number of hydrogen-bond donors (Lipinski definition) is 1. The van der Waals surface area contributed by atoms with E-state index in [4.69, 9.17) is 9.84 Å². The summed E-state index contributed by atoms with van der Waals surface area (Å²) in [6, 6.07) is 2.76. The Kier molecular flexibility index (Phi) is 4.41. The number of rotatable bonds is 4. The van der Waals surface area contributed by atoms with E-state index in [1.807, 2.05) is 0 Å². The zero-order valence-corrected chi connectivity index (χ0v) is 11.5. The zero-order valence-electron chi connectivity index (χ0n) is 11.5. The minimum atomic E-state index is -4.56. The Morgan fingerprint density at radius 2 is 2.19 bits per heavy atom. The van der Waals surface area contributed by atoms with Gasteiger partial charge in [0, 0.05) is 20.2 Å². The van der Waals surface area contributed by atoms with Crippen molar-refractivity contribution in [3.8, 4) is 0 Å². The number of hydrogen-bond acceptors (Lipinski definition) is 3. The summed E-state index contributed by atoms with van der Waals surface area (Å²) in [5, 5.41) is 9.14. The van der Waals surface area contributed by atoms with Crippen LogP contribution in [-0.4, -0.2) is 37.4 Å². The molecule has 0 radical (unpaired) electrons. The van der Waals surface area contributed by atoms with Crippen molar-refractivity contribution < 1.29 is 27.8 Å². The topological polar surface area (TPSA) is 49.8 Å². The number of ether oxygens (including phenoxy) is 1. The summed E-state index contributed by atoms with van der Waals surface area (Å²) in [6.07, 6.45) is -2.76. The van der Waals surface area contributed by atoms with Gasteiger partial charge in [0.2, 0.25) is 0 Å². The first kappa shape index (κ1) is 15.6. The minimum absolute atomic E-state index is 0.0149. The molecule has 1 aromatic carbocycles. The molecule has 1 aliphatic heterocycles. The molecule has 0 bridgehead atoms. The highest BCUT2D eigenvalue weighted by Gasteiger charge is 2.32. The summed E-state index contributed by atoms with van der Waals surface area (Å²) >= 11 is 0. The van der Waals surface area contributed by atoms with Gasteiger partial charge in [-0.25, -0.2) is 4.79 Å². The van der Waals surface area contributed by atoms with Crippen molar-refractivity contribution in [1.29, 1.82) is 0 Å². The van der Waals surface area contributed by atoms with E-state index in [0.717, 1.165) is 18.9 Å². The number of halogens is 3. The van der Waals surface area contributed by atoms with Gasteiger partial charge in [-0.3, -0.25) is 0 Å². The summed E-state index contributed by atoms with van der Waals surface area (Å²) < 4.78 is 43.4. The molecule has 1 aromatic rings. The average Bonchev–Trinajstić information content (AvgIpc) is 2.89. The van der Waals surface area contributed by atoms with Gasteiger partial charge in [0.15, 0.2) is 0 Å². The summed E-state index contributed by atoms with van der Waals surface area (Å²) in [7, 11) is 1.65. The number of carboxylic acid groups (broad SMARTS) is 1. The molecular formula is C14H16F3NO3. The van der Waals surface area contributed by atoms with Crippen LogP contribution in [0.25, 0.3) is 0 Å². The van der Waals surface area contributed by atoms with E-state index in [1.165, 1.54) is 6.07 Å². The molecular weight excluding hydrogens is 287 g/mol. The van der Waals surface area contributed by atoms with Crippen molar-refractivity contribution in [2.75, 3.05) is 25.1 Å². The molecule has 1 fully saturated rings. The highest BCUT2D eigenvalue weighted by molar-refractivity contribution is 5.94. The number of alkyl halides is 3. The predicted octanol–water partition coefficient (Wildman–Crippen LogP) is 3.02. The quantitative estimate of drug-likeness (QED) is 0.929. The average molecular weight is 303 g/mol. The molecule has 21 heavy (non-hydrogen) atoms. The van der Waals surface area contributed by atoms with E-state index in [9.17, 15) is 18.0 Å².